The molecule has 0 saturated heterocycles. The molecule has 2 aliphatic rings. The molecule has 10 heteroatoms. The molecule has 2 aliphatic heterocycles. The fourth-order valence-electron chi connectivity index (χ4n) is 6.27. The summed E-state index contributed by atoms with van der Waals surface area (Å²) in [5.41, 5.74) is 8.23. The monoisotopic (exact) mass is 637 g/mol. The first-order valence-electron chi connectivity index (χ1n) is 15.7. The second-order valence-electron chi connectivity index (χ2n) is 13.1. The SMILES string of the molecule is CC1(C)C(=O)Nc2cc(-n3cnc(-c4cccnc4)c3)ccc21.Cc1nc(-c2cccnc2)oc1-c1ccc2c(c1)N(C)C(=O)C2(C)C. The van der Waals surface area contributed by atoms with E-state index in [4.69, 9.17) is 4.42 Å². The van der Waals surface area contributed by atoms with Crippen molar-refractivity contribution >= 4 is 23.2 Å². The maximum absolute atomic E-state index is 12.5. The van der Waals surface area contributed by atoms with Gasteiger partial charge in [0.15, 0.2) is 5.76 Å². The molecule has 0 spiro atoms. The van der Waals surface area contributed by atoms with Crippen molar-refractivity contribution in [2.24, 2.45) is 0 Å². The largest absolute Gasteiger partial charge is 0.436 e. The highest BCUT2D eigenvalue weighted by Gasteiger charge is 2.42. The normalized spacial score (nSPS) is 15.4. The van der Waals surface area contributed by atoms with E-state index in [-0.39, 0.29) is 11.8 Å². The van der Waals surface area contributed by atoms with Crippen LogP contribution in [0.2, 0.25) is 0 Å². The lowest BCUT2D eigenvalue weighted by molar-refractivity contribution is -0.122. The molecule has 8 rings (SSSR count). The lowest BCUT2D eigenvalue weighted by Crippen LogP contribution is -2.33. The Kier molecular flexibility index (Phi) is 7.31. The van der Waals surface area contributed by atoms with Crippen LogP contribution >= 0.6 is 0 Å². The highest BCUT2D eigenvalue weighted by Crippen LogP contribution is 2.43. The lowest BCUT2D eigenvalue weighted by atomic mass is 9.86. The molecule has 2 amide bonds. The van der Waals surface area contributed by atoms with Crippen molar-refractivity contribution in [3.05, 3.63) is 115 Å². The number of hydrogen-bond donors (Lipinski definition) is 1. The number of nitrogens with one attached hydrogen (secondary N) is 1. The Bertz CT molecular complexity index is 2180. The number of fused-ring (bicyclic) bond motifs is 2. The van der Waals surface area contributed by atoms with Crippen LogP contribution in [-0.2, 0) is 20.4 Å². The molecule has 0 aliphatic carbocycles. The number of imidazole rings is 1. The van der Waals surface area contributed by atoms with Gasteiger partial charge >= 0.3 is 0 Å². The summed E-state index contributed by atoms with van der Waals surface area (Å²) < 4.78 is 7.95. The molecule has 0 saturated carbocycles. The summed E-state index contributed by atoms with van der Waals surface area (Å²) in [6, 6.07) is 19.6. The van der Waals surface area contributed by atoms with Crippen LogP contribution in [0.4, 0.5) is 11.4 Å². The summed E-state index contributed by atoms with van der Waals surface area (Å²) in [7, 11) is 1.81. The Morgan fingerprint density at radius 2 is 1.52 bits per heavy atom. The number of benzene rings is 2. The zero-order valence-electron chi connectivity index (χ0n) is 27.6. The Balaban J connectivity index is 0.000000152. The molecule has 6 aromatic rings. The lowest BCUT2D eigenvalue weighted by Gasteiger charge is -2.16. The van der Waals surface area contributed by atoms with Gasteiger partial charge in [-0.2, -0.15) is 0 Å². The maximum atomic E-state index is 12.5. The molecule has 2 aromatic carbocycles. The smallest absolute Gasteiger partial charge is 0.236 e. The Hall–Kier alpha value is -5.90. The number of aromatic nitrogens is 5. The van der Waals surface area contributed by atoms with Gasteiger partial charge in [-0.05, 0) is 88.2 Å². The molecular formula is C38H35N7O3. The number of anilines is 2. The number of amides is 2. The molecule has 4 aromatic heterocycles. The van der Waals surface area contributed by atoms with Crippen LogP contribution in [0.1, 0.15) is 44.5 Å². The quantitative estimate of drug-likeness (QED) is 0.218. The van der Waals surface area contributed by atoms with Crippen LogP contribution in [0.5, 0.6) is 0 Å². The minimum Gasteiger partial charge on any atom is -0.436 e. The summed E-state index contributed by atoms with van der Waals surface area (Å²) >= 11 is 0. The summed E-state index contributed by atoms with van der Waals surface area (Å²) in [6.45, 7) is 9.71. The zero-order valence-corrected chi connectivity index (χ0v) is 27.6. The second-order valence-corrected chi connectivity index (χ2v) is 13.1. The molecule has 240 valence electrons. The standard InChI is InChI=1S/C20H19N3O2.C18H16N4O/c1-12-17(25-18(22-12)14-6-5-9-21-11-14)13-7-8-15-16(10-13)23(4)19(24)20(15,2)3;1-18(2)14-6-5-13(8-15(14)21-17(18)23)22-10-16(20-11-22)12-4-3-7-19-9-12/h5-11H,1-4H3;3-11H,1-2H3,(H,21,23). The van der Waals surface area contributed by atoms with Gasteiger partial charge in [0, 0.05) is 66.2 Å². The second kappa shape index (κ2) is 11.4. The average molecular weight is 638 g/mol. The van der Waals surface area contributed by atoms with E-state index in [2.05, 4.69) is 25.3 Å². The third-order valence-electron chi connectivity index (χ3n) is 9.17. The third-order valence-corrected chi connectivity index (χ3v) is 9.17. The first-order valence-corrected chi connectivity index (χ1v) is 15.7. The minimum absolute atomic E-state index is 0.0336. The Labute approximate surface area is 278 Å². The minimum atomic E-state index is -0.500. The molecule has 0 bridgehead atoms. The van der Waals surface area contributed by atoms with Gasteiger partial charge in [0.25, 0.3) is 0 Å². The van der Waals surface area contributed by atoms with E-state index in [0.29, 0.717) is 11.7 Å². The molecule has 48 heavy (non-hydrogen) atoms. The van der Waals surface area contributed by atoms with Gasteiger partial charge in [-0.25, -0.2) is 9.97 Å². The molecule has 0 radical (unpaired) electrons. The van der Waals surface area contributed by atoms with E-state index < -0.39 is 10.8 Å². The highest BCUT2D eigenvalue weighted by molar-refractivity contribution is 6.08. The molecule has 0 fully saturated rings. The summed E-state index contributed by atoms with van der Waals surface area (Å²) in [5.74, 6) is 1.40. The van der Waals surface area contributed by atoms with Gasteiger partial charge in [-0.15, -0.1) is 0 Å². The average Bonchev–Trinajstić information content (AvgIpc) is 3.83. The zero-order chi connectivity index (χ0) is 33.8. The van der Waals surface area contributed by atoms with E-state index in [1.807, 2.05) is 113 Å². The van der Waals surface area contributed by atoms with Gasteiger partial charge in [-0.1, -0.05) is 18.2 Å². The van der Waals surface area contributed by atoms with E-state index in [1.54, 1.807) is 36.0 Å². The van der Waals surface area contributed by atoms with E-state index in [1.165, 1.54) is 0 Å². The fourth-order valence-corrected chi connectivity index (χ4v) is 6.27. The summed E-state index contributed by atoms with van der Waals surface area (Å²) in [6.07, 6.45) is 10.7. The van der Waals surface area contributed by atoms with Crippen LogP contribution in [0.15, 0.2) is 102 Å². The van der Waals surface area contributed by atoms with Crippen molar-refractivity contribution in [1.29, 1.82) is 0 Å². The molecule has 10 nitrogen and oxygen atoms in total. The van der Waals surface area contributed by atoms with Crippen molar-refractivity contribution in [2.45, 2.75) is 45.4 Å². The number of aryl methyl sites for hydroxylation is 1. The van der Waals surface area contributed by atoms with Gasteiger partial charge in [0.2, 0.25) is 17.7 Å². The van der Waals surface area contributed by atoms with Crippen molar-refractivity contribution in [3.8, 4) is 39.7 Å². The topological polar surface area (TPSA) is 119 Å². The number of carbonyl (C=O) groups is 2. The van der Waals surface area contributed by atoms with Gasteiger partial charge in [0.1, 0.15) is 0 Å². The van der Waals surface area contributed by atoms with Crippen molar-refractivity contribution < 1.29 is 14.0 Å². The van der Waals surface area contributed by atoms with Crippen molar-refractivity contribution in [3.63, 3.8) is 0 Å². The first-order chi connectivity index (χ1) is 22.9. The van der Waals surface area contributed by atoms with E-state index >= 15 is 0 Å². The number of rotatable bonds is 4. The maximum Gasteiger partial charge on any atom is 0.236 e. The van der Waals surface area contributed by atoms with Crippen LogP contribution in [0.25, 0.3) is 39.7 Å². The molecule has 1 N–H and O–H groups in total. The van der Waals surface area contributed by atoms with Gasteiger partial charge in [-0.3, -0.25) is 19.6 Å². The van der Waals surface area contributed by atoms with E-state index in [0.717, 1.165) is 56.3 Å². The summed E-state index contributed by atoms with van der Waals surface area (Å²) in [5, 5.41) is 2.95. The number of carbonyl (C=O) groups excluding carboxylic acids is 2. The fraction of sp³-hybridized carbons (Fsp3) is 0.211. The molecule has 0 unspecified atom stereocenters. The van der Waals surface area contributed by atoms with Crippen molar-refractivity contribution in [2.75, 3.05) is 17.3 Å². The van der Waals surface area contributed by atoms with E-state index in [9.17, 15) is 9.59 Å². The number of oxazole rings is 1. The molecule has 6 heterocycles. The highest BCUT2D eigenvalue weighted by atomic mass is 16.4. The van der Waals surface area contributed by atoms with Gasteiger partial charge < -0.3 is 19.2 Å². The molecule has 0 atom stereocenters. The predicted molar refractivity (Wildman–Crippen MR) is 185 cm³/mol. The summed E-state index contributed by atoms with van der Waals surface area (Å²) in [4.78, 5) is 43.4. The molecular weight excluding hydrogens is 602 g/mol. The number of likely N-dealkylation sites (N-methyl/N-ethyl adjacent to an activating group) is 1. The Morgan fingerprint density at radius 3 is 2.23 bits per heavy atom. The predicted octanol–water partition coefficient (Wildman–Crippen LogP) is 7.13. The van der Waals surface area contributed by atoms with Crippen LogP contribution in [-0.4, -0.2) is 43.4 Å². The number of pyridine rings is 2. The van der Waals surface area contributed by atoms with Crippen LogP contribution in [0.3, 0.4) is 0 Å². The van der Waals surface area contributed by atoms with Gasteiger partial charge in [0.05, 0.1) is 34.1 Å². The van der Waals surface area contributed by atoms with Crippen molar-refractivity contribution in [1.82, 2.24) is 24.5 Å². The Morgan fingerprint density at radius 1 is 0.812 bits per heavy atom. The van der Waals surface area contributed by atoms with Crippen LogP contribution in [0, 0.1) is 6.92 Å². The first kappa shape index (κ1) is 30.7. The third kappa shape index (κ3) is 5.15. The number of hydrogen-bond acceptors (Lipinski definition) is 7. The van der Waals surface area contributed by atoms with Crippen LogP contribution < -0.4 is 10.2 Å². The number of nitrogens with zero attached hydrogens (tertiary/aromatic N) is 6.